The van der Waals surface area contributed by atoms with E-state index >= 15 is 0 Å². The number of thiophene rings is 1. The van der Waals surface area contributed by atoms with Gasteiger partial charge in [-0.05, 0) is 47.2 Å². The van der Waals surface area contributed by atoms with Gasteiger partial charge in [0, 0.05) is 28.7 Å². The zero-order valence-corrected chi connectivity index (χ0v) is 16.5. The number of fused-ring (bicyclic) bond motifs is 1. The largest absolute Gasteiger partial charge is 0.361 e. The minimum absolute atomic E-state index is 0.0337. The van der Waals surface area contributed by atoms with Crippen molar-refractivity contribution in [1.82, 2.24) is 5.32 Å². The summed E-state index contributed by atoms with van der Waals surface area (Å²) >= 11 is 7.66. The molecule has 0 bridgehead atoms. The summed E-state index contributed by atoms with van der Waals surface area (Å²) in [7, 11) is 0. The molecule has 0 radical (unpaired) electrons. The van der Waals surface area contributed by atoms with Gasteiger partial charge < -0.3 is 10.2 Å². The molecule has 0 unspecified atom stereocenters. The van der Waals surface area contributed by atoms with Gasteiger partial charge in [0.1, 0.15) is 0 Å². The highest BCUT2D eigenvalue weighted by atomic mass is 35.5. The Bertz CT molecular complexity index is 908. The molecule has 5 heteroatoms. The molecule has 1 aliphatic heterocycles. The van der Waals surface area contributed by atoms with Crippen molar-refractivity contribution < 1.29 is 4.79 Å². The van der Waals surface area contributed by atoms with E-state index in [-0.39, 0.29) is 11.9 Å². The summed E-state index contributed by atoms with van der Waals surface area (Å²) < 4.78 is 0. The summed E-state index contributed by atoms with van der Waals surface area (Å²) in [6, 6.07) is 20.4. The molecule has 1 atom stereocenters. The summed E-state index contributed by atoms with van der Waals surface area (Å²) in [6.07, 6.45) is 1.42. The molecule has 138 valence electrons. The Labute approximate surface area is 168 Å². The maximum Gasteiger partial charge on any atom is 0.224 e. The van der Waals surface area contributed by atoms with Gasteiger partial charge in [0.25, 0.3) is 0 Å². The molecule has 27 heavy (non-hydrogen) atoms. The van der Waals surface area contributed by atoms with E-state index in [1.54, 1.807) is 11.3 Å². The summed E-state index contributed by atoms with van der Waals surface area (Å²) in [6.45, 7) is 1.58. The van der Waals surface area contributed by atoms with E-state index < -0.39 is 0 Å². The fourth-order valence-corrected chi connectivity index (χ4v) is 4.56. The first-order valence-electron chi connectivity index (χ1n) is 9.10. The first-order valence-corrected chi connectivity index (χ1v) is 10.4. The summed E-state index contributed by atoms with van der Waals surface area (Å²) in [5.74, 6) is 0.0337. The van der Waals surface area contributed by atoms with Crippen LogP contribution in [0.15, 0.2) is 66.0 Å². The van der Waals surface area contributed by atoms with Crippen LogP contribution in [0, 0.1) is 0 Å². The average molecular weight is 397 g/mol. The van der Waals surface area contributed by atoms with Gasteiger partial charge in [0.2, 0.25) is 5.91 Å². The summed E-state index contributed by atoms with van der Waals surface area (Å²) in [5.41, 5.74) is 3.63. The van der Waals surface area contributed by atoms with Crippen LogP contribution in [-0.2, 0) is 17.6 Å². The highest BCUT2D eigenvalue weighted by molar-refractivity contribution is 7.10. The van der Waals surface area contributed by atoms with Crippen molar-refractivity contribution in [3.63, 3.8) is 0 Å². The molecule has 0 aliphatic carbocycles. The smallest absolute Gasteiger partial charge is 0.224 e. The molecule has 0 fully saturated rings. The van der Waals surface area contributed by atoms with Crippen LogP contribution in [0.5, 0.6) is 0 Å². The third-order valence-electron chi connectivity index (χ3n) is 4.94. The maximum atomic E-state index is 12.5. The molecule has 1 amide bonds. The molecule has 0 saturated heterocycles. The van der Waals surface area contributed by atoms with Crippen LogP contribution in [0.25, 0.3) is 0 Å². The monoisotopic (exact) mass is 396 g/mol. The van der Waals surface area contributed by atoms with Crippen LogP contribution in [-0.4, -0.2) is 19.0 Å². The number of carbonyl (C=O) groups excluding carboxylic acids is 1. The number of nitrogens with one attached hydrogen (secondary N) is 1. The molecule has 1 aromatic heterocycles. The van der Waals surface area contributed by atoms with Gasteiger partial charge in [-0.15, -0.1) is 11.3 Å². The molecular weight excluding hydrogens is 376 g/mol. The van der Waals surface area contributed by atoms with Crippen LogP contribution >= 0.6 is 22.9 Å². The molecule has 1 N–H and O–H groups in total. The lowest BCUT2D eigenvalue weighted by atomic mass is 10.1. The number of hydrogen-bond acceptors (Lipinski definition) is 3. The fourth-order valence-electron chi connectivity index (χ4n) is 3.59. The minimum Gasteiger partial charge on any atom is -0.361 e. The van der Waals surface area contributed by atoms with E-state index in [1.807, 2.05) is 24.3 Å². The van der Waals surface area contributed by atoms with Gasteiger partial charge in [-0.25, -0.2) is 0 Å². The summed E-state index contributed by atoms with van der Waals surface area (Å²) in [4.78, 5) is 16.2. The van der Waals surface area contributed by atoms with E-state index in [2.05, 4.69) is 52.0 Å². The van der Waals surface area contributed by atoms with Gasteiger partial charge in [-0.3, -0.25) is 4.79 Å². The second-order valence-corrected chi connectivity index (χ2v) is 8.13. The molecular formula is C22H21ClN2OS. The van der Waals surface area contributed by atoms with E-state index in [0.29, 0.717) is 18.0 Å². The number of para-hydroxylation sites is 1. The molecule has 3 nitrogen and oxygen atoms in total. The molecule has 4 rings (SSSR count). The van der Waals surface area contributed by atoms with Gasteiger partial charge in [-0.1, -0.05) is 48.0 Å². The van der Waals surface area contributed by atoms with E-state index in [0.717, 1.165) is 18.5 Å². The van der Waals surface area contributed by atoms with Crippen molar-refractivity contribution >= 4 is 34.5 Å². The lowest BCUT2D eigenvalue weighted by molar-refractivity contribution is -0.120. The Hall–Kier alpha value is -2.30. The average Bonchev–Trinajstić information content (AvgIpc) is 3.35. The highest BCUT2D eigenvalue weighted by Crippen LogP contribution is 2.36. The number of halogens is 1. The van der Waals surface area contributed by atoms with Gasteiger partial charge in [0.15, 0.2) is 0 Å². The highest BCUT2D eigenvalue weighted by Gasteiger charge is 2.27. The Balaban J connectivity index is 1.46. The number of hydrogen-bond donors (Lipinski definition) is 1. The van der Waals surface area contributed by atoms with Gasteiger partial charge in [-0.2, -0.15) is 0 Å². The van der Waals surface area contributed by atoms with Crippen molar-refractivity contribution in [2.45, 2.75) is 18.9 Å². The zero-order chi connectivity index (χ0) is 18.6. The number of amides is 1. The predicted octanol–water partition coefficient (Wildman–Crippen LogP) is 4.86. The molecule has 2 aromatic carbocycles. The quantitative estimate of drug-likeness (QED) is 0.645. The van der Waals surface area contributed by atoms with Crippen LogP contribution in [0.2, 0.25) is 5.02 Å². The van der Waals surface area contributed by atoms with Crippen molar-refractivity contribution in [3.8, 4) is 0 Å². The number of nitrogens with zero attached hydrogens (tertiary/aromatic N) is 1. The van der Waals surface area contributed by atoms with E-state index in [9.17, 15) is 4.79 Å². The zero-order valence-electron chi connectivity index (χ0n) is 14.9. The van der Waals surface area contributed by atoms with Crippen molar-refractivity contribution in [1.29, 1.82) is 0 Å². The van der Waals surface area contributed by atoms with Crippen molar-refractivity contribution in [2.75, 3.05) is 18.0 Å². The third-order valence-corrected chi connectivity index (χ3v) is 6.17. The van der Waals surface area contributed by atoms with Gasteiger partial charge >= 0.3 is 0 Å². The number of benzene rings is 2. The van der Waals surface area contributed by atoms with Crippen LogP contribution in [0.4, 0.5) is 5.69 Å². The second-order valence-electron chi connectivity index (χ2n) is 6.71. The fraction of sp³-hybridized carbons (Fsp3) is 0.227. The minimum atomic E-state index is 0.0337. The number of carbonyl (C=O) groups is 1. The molecule has 0 saturated carbocycles. The Morgan fingerprint density at radius 2 is 1.93 bits per heavy atom. The number of anilines is 1. The van der Waals surface area contributed by atoms with Crippen LogP contribution in [0.3, 0.4) is 0 Å². The van der Waals surface area contributed by atoms with E-state index in [4.69, 9.17) is 11.6 Å². The lowest BCUT2D eigenvalue weighted by Gasteiger charge is -2.30. The topological polar surface area (TPSA) is 32.3 Å². The maximum absolute atomic E-state index is 12.5. The molecule has 1 aliphatic rings. The molecule has 0 spiro atoms. The van der Waals surface area contributed by atoms with Gasteiger partial charge in [0.05, 0.1) is 12.5 Å². The van der Waals surface area contributed by atoms with Crippen molar-refractivity contribution in [3.05, 3.63) is 87.1 Å². The Morgan fingerprint density at radius 3 is 2.70 bits per heavy atom. The lowest BCUT2D eigenvalue weighted by Crippen LogP contribution is -2.37. The van der Waals surface area contributed by atoms with Crippen molar-refractivity contribution in [2.24, 2.45) is 0 Å². The molecule has 2 heterocycles. The SMILES string of the molecule is O=C(Cc1ccc(Cl)cc1)NC[C@H](c1cccs1)N1CCc2ccccc21. The second kappa shape index (κ2) is 8.15. The third kappa shape index (κ3) is 4.18. The number of rotatable bonds is 6. The predicted molar refractivity (Wildman–Crippen MR) is 113 cm³/mol. The first-order chi connectivity index (χ1) is 13.2. The summed E-state index contributed by atoms with van der Waals surface area (Å²) in [5, 5.41) is 5.92. The molecule has 3 aromatic rings. The normalized spacial score (nSPS) is 14.0. The standard InChI is InChI=1S/C22H21ClN2OS/c23-18-9-7-16(8-10-18)14-22(26)24-15-20(21-6-3-13-27-21)25-12-11-17-4-1-2-5-19(17)25/h1-10,13,20H,11-12,14-15H2,(H,24,26)/t20-/m1/s1. The Morgan fingerprint density at radius 1 is 1.11 bits per heavy atom. The van der Waals surface area contributed by atoms with Crippen LogP contribution < -0.4 is 10.2 Å². The van der Waals surface area contributed by atoms with E-state index in [1.165, 1.54) is 16.1 Å². The Kier molecular flexibility index (Phi) is 5.46. The van der Waals surface area contributed by atoms with Crippen LogP contribution in [0.1, 0.15) is 22.0 Å². The first kappa shape index (κ1) is 18.1.